The quantitative estimate of drug-likeness (QED) is 0.725. The van der Waals surface area contributed by atoms with E-state index in [9.17, 15) is 5.11 Å². The molecular formula is C12H26N2O2. The molecule has 1 heterocycles. The van der Waals surface area contributed by atoms with E-state index in [-0.39, 0.29) is 6.10 Å². The van der Waals surface area contributed by atoms with Crippen LogP contribution in [-0.4, -0.2) is 54.5 Å². The Bertz CT molecular complexity index is 197. The minimum absolute atomic E-state index is 0.132. The zero-order chi connectivity index (χ0) is 12.0. The number of nitrogens with two attached hydrogens (primary N) is 1. The Morgan fingerprint density at radius 1 is 1.44 bits per heavy atom. The minimum Gasteiger partial charge on any atom is -0.390 e. The average Bonchev–Trinajstić information content (AvgIpc) is 2.40. The lowest BCUT2D eigenvalue weighted by molar-refractivity contribution is 0.0293. The van der Waals surface area contributed by atoms with Crippen LogP contribution < -0.4 is 5.73 Å². The van der Waals surface area contributed by atoms with Crippen LogP contribution >= 0.6 is 0 Å². The van der Waals surface area contributed by atoms with E-state index in [4.69, 9.17) is 10.5 Å². The number of aliphatic hydroxyl groups is 1. The summed E-state index contributed by atoms with van der Waals surface area (Å²) in [5, 5.41) is 9.98. The molecule has 1 fully saturated rings. The van der Waals surface area contributed by atoms with Crippen molar-refractivity contribution in [2.75, 3.05) is 32.8 Å². The first-order chi connectivity index (χ1) is 7.57. The van der Waals surface area contributed by atoms with Crippen LogP contribution in [0.4, 0.5) is 0 Å². The molecule has 0 amide bonds. The Morgan fingerprint density at radius 3 is 2.81 bits per heavy atom. The van der Waals surface area contributed by atoms with E-state index in [1.54, 1.807) is 0 Å². The summed E-state index contributed by atoms with van der Waals surface area (Å²) in [5.41, 5.74) is 5.18. The number of hydrogen-bond donors (Lipinski definition) is 2. The average molecular weight is 230 g/mol. The SMILES string of the molecule is CCOC(CN)CN1CCCC(C)(O)CC1. The summed E-state index contributed by atoms with van der Waals surface area (Å²) in [6.07, 6.45) is 2.92. The van der Waals surface area contributed by atoms with Gasteiger partial charge in [0.2, 0.25) is 0 Å². The van der Waals surface area contributed by atoms with Crippen LogP contribution in [-0.2, 0) is 4.74 Å². The van der Waals surface area contributed by atoms with Crippen molar-refractivity contribution < 1.29 is 9.84 Å². The molecule has 0 spiro atoms. The zero-order valence-electron chi connectivity index (χ0n) is 10.6. The molecule has 0 bridgehead atoms. The van der Waals surface area contributed by atoms with Gasteiger partial charge in [0.05, 0.1) is 11.7 Å². The first kappa shape index (κ1) is 13.9. The molecule has 96 valence electrons. The fraction of sp³-hybridized carbons (Fsp3) is 1.00. The van der Waals surface area contributed by atoms with Crippen LogP contribution in [0.2, 0.25) is 0 Å². The van der Waals surface area contributed by atoms with Gasteiger partial charge >= 0.3 is 0 Å². The van der Waals surface area contributed by atoms with Gasteiger partial charge in [0, 0.05) is 26.2 Å². The van der Waals surface area contributed by atoms with Gasteiger partial charge in [-0.2, -0.15) is 0 Å². The van der Waals surface area contributed by atoms with E-state index in [1.165, 1.54) is 0 Å². The predicted octanol–water partition coefficient (Wildman–Crippen LogP) is 0.587. The van der Waals surface area contributed by atoms with Crippen molar-refractivity contribution >= 4 is 0 Å². The standard InChI is InChI=1S/C12H26N2O2/c1-3-16-11(9-13)10-14-7-4-5-12(2,15)6-8-14/h11,15H,3-10,13H2,1-2H3. The molecule has 0 aromatic heterocycles. The first-order valence-corrected chi connectivity index (χ1v) is 6.34. The molecule has 0 aromatic rings. The second kappa shape index (κ2) is 6.55. The van der Waals surface area contributed by atoms with Crippen molar-refractivity contribution in [2.24, 2.45) is 5.73 Å². The zero-order valence-corrected chi connectivity index (χ0v) is 10.6. The molecule has 0 aliphatic carbocycles. The summed E-state index contributed by atoms with van der Waals surface area (Å²) in [6.45, 7) is 8.08. The monoisotopic (exact) mass is 230 g/mol. The highest BCUT2D eigenvalue weighted by Gasteiger charge is 2.25. The van der Waals surface area contributed by atoms with Gasteiger partial charge in [-0.15, -0.1) is 0 Å². The van der Waals surface area contributed by atoms with Crippen molar-refractivity contribution in [1.29, 1.82) is 0 Å². The van der Waals surface area contributed by atoms with Gasteiger partial charge in [-0.1, -0.05) is 0 Å². The van der Waals surface area contributed by atoms with Crippen molar-refractivity contribution in [3.8, 4) is 0 Å². The Morgan fingerprint density at radius 2 is 2.19 bits per heavy atom. The molecule has 1 saturated heterocycles. The van der Waals surface area contributed by atoms with Crippen molar-refractivity contribution in [1.82, 2.24) is 4.90 Å². The maximum atomic E-state index is 9.98. The van der Waals surface area contributed by atoms with Gasteiger partial charge in [0.1, 0.15) is 0 Å². The molecule has 4 heteroatoms. The third-order valence-electron chi connectivity index (χ3n) is 3.28. The molecule has 3 N–H and O–H groups in total. The Kier molecular flexibility index (Phi) is 5.69. The van der Waals surface area contributed by atoms with Crippen LogP contribution in [0.5, 0.6) is 0 Å². The molecule has 16 heavy (non-hydrogen) atoms. The topological polar surface area (TPSA) is 58.7 Å². The van der Waals surface area contributed by atoms with E-state index in [2.05, 4.69) is 4.90 Å². The van der Waals surface area contributed by atoms with E-state index in [0.29, 0.717) is 13.2 Å². The van der Waals surface area contributed by atoms with Gasteiger partial charge in [-0.25, -0.2) is 0 Å². The van der Waals surface area contributed by atoms with Crippen molar-refractivity contribution in [3.63, 3.8) is 0 Å². The molecule has 1 aliphatic rings. The van der Waals surface area contributed by atoms with Crippen molar-refractivity contribution in [3.05, 3.63) is 0 Å². The predicted molar refractivity (Wildman–Crippen MR) is 65.4 cm³/mol. The summed E-state index contributed by atoms with van der Waals surface area (Å²) < 4.78 is 5.56. The molecule has 2 atom stereocenters. The van der Waals surface area contributed by atoms with E-state index in [1.807, 2.05) is 13.8 Å². The fourth-order valence-corrected chi connectivity index (χ4v) is 2.22. The molecule has 0 aromatic carbocycles. The second-order valence-electron chi connectivity index (χ2n) is 4.96. The Balaban J connectivity index is 2.36. The van der Waals surface area contributed by atoms with E-state index in [0.717, 1.165) is 38.9 Å². The second-order valence-corrected chi connectivity index (χ2v) is 4.96. The van der Waals surface area contributed by atoms with E-state index < -0.39 is 5.60 Å². The van der Waals surface area contributed by atoms with Crippen LogP contribution in [0.25, 0.3) is 0 Å². The molecule has 0 radical (unpaired) electrons. The third-order valence-corrected chi connectivity index (χ3v) is 3.28. The fourth-order valence-electron chi connectivity index (χ4n) is 2.22. The smallest absolute Gasteiger partial charge is 0.0823 e. The number of rotatable bonds is 5. The van der Waals surface area contributed by atoms with Crippen LogP contribution in [0, 0.1) is 0 Å². The molecule has 1 rings (SSSR count). The summed E-state index contributed by atoms with van der Waals surface area (Å²) in [6, 6.07) is 0. The normalized spacial score (nSPS) is 30.0. The highest BCUT2D eigenvalue weighted by atomic mass is 16.5. The lowest BCUT2D eigenvalue weighted by atomic mass is 9.98. The molecule has 0 saturated carbocycles. The lowest BCUT2D eigenvalue weighted by Gasteiger charge is -2.26. The number of nitrogens with zero attached hydrogens (tertiary/aromatic N) is 1. The largest absolute Gasteiger partial charge is 0.390 e. The number of likely N-dealkylation sites (tertiary alicyclic amines) is 1. The van der Waals surface area contributed by atoms with Crippen LogP contribution in [0.1, 0.15) is 33.1 Å². The highest BCUT2D eigenvalue weighted by Crippen LogP contribution is 2.21. The Labute approximate surface area is 98.8 Å². The summed E-state index contributed by atoms with van der Waals surface area (Å²) in [4.78, 5) is 2.36. The van der Waals surface area contributed by atoms with Crippen LogP contribution in [0.15, 0.2) is 0 Å². The van der Waals surface area contributed by atoms with Gasteiger partial charge < -0.3 is 20.5 Å². The minimum atomic E-state index is -0.488. The maximum absolute atomic E-state index is 9.98. The molecule has 4 nitrogen and oxygen atoms in total. The van der Waals surface area contributed by atoms with Gasteiger partial charge in [0.25, 0.3) is 0 Å². The van der Waals surface area contributed by atoms with Crippen molar-refractivity contribution in [2.45, 2.75) is 44.8 Å². The summed E-state index contributed by atoms with van der Waals surface area (Å²) in [5.74, 6) is 0. The van der Waals surface area contributed by atoms with Gasteiger partial charge in [-0.3, -0.25) is 0 Å². The third kappa shape index (κ3) is 4.78. The van der Waals surface area contributed by atoms with Gasteiger partial charge in [0.15, 0.2) is 0 Å². The number of hydrogen-bond acceptors (Lipinski definition) is 4. The molecule has 2 unspecified atom stereocenters. The summed E-state index contributed by atoms with van der Waals surface area (Å²) in [7, 11) is 0. The lowest BCUT2D eigenvalue weighted by Crippen LogP contribution is -2.39. The molecule has 1 aliphatic heterocycles. The molecular weight excluding hydrogens is 204 g/mol. The highest BCUT2D eigenvalue weighted by molar-refractivity contribution is 4.80. The summed E-state index contributed by atoms with van der Waals surface area (Å²) >= 11 is 0. The van der Waals surface area contributed by atoms with Gasteiger partial charge in [-0.05, 0) is 39.7 Å². The first-order valence-electron chi connectivity index (χ1n) is 6.34. The maximum Gasteiger partial charge on any atom is 0.0823 e. The Hall–Kier alpha value is -0.160. The van der Waals surface area contributed by atoms with Crippen LogP contribution in [0.3, 0.4) is 0 Å². The number of ether oxygens (including phenoxy) is 1. The van der Waals surface area contributed by atoms with E-state index >= 15 is 0 Å².